The highest BCUT2D eigenvalue weighted by molar-refractivity contribution is 5.91. The first-order valence-corrected chi connectivity index (χ1v) is 7.85. The molecule has 24 heavy (non-hydrogen) atoms. The maximum absolute atomic E-state index is 12.4. The van der Waals surface area contributed by atoms with Crippen LogP contribution < -0.4 is 10.5 Å². The molecule has 0 bridgehead atoms. The van der Waals surface area contributed by atoms with E-state index in [4.69, 9.17) is 15.0 Å². The second-order valence-electron chi connectivity index (χ2n) is 5.77. The van der Waals surface area contributed by atoms with Gasteiger partial charge in [-0.15, -0.1) is 0 Å². The third kappa shape index (κ3) is 3.73. The van der Waals surface area contributed by atoms with E-state index in [2.05, 4.69) is 5.16 Å². The topological polar surface area (TPSA) is 98.7 Å². The number of likely N-dealkylation sites (tertiary alicyclic amines) is 1. The van der Waals surface area contributed by atoms with Crippen molar-refractivity contribution in [2.45, 2.75) is 19.4 Å². The zero-order chi connectivity index (χ0) is 16.9. The number of amides is 2. The molecule has 2 heterocycles. The number of piperidine rings is 1. The van der Waals surface area contributed by atoms with Gasteiger partial charge in [0.1, 0.15) is 6.61 Å². The van der Waals surface area contributed by atoms with E-state index in [1.807, 2.05) is 30.3 Å². The van der Waals surface area contributed by atoms with E-state index in [9.17, 15) is 9.59 Å². The number of primary amides is 1. The summed E-state index contributed by atoms with van der Waals surface area (Å²) in [5.41, 5.74) is 6.30. The van der Waals surface area contributed by atoms with E-state index in [1.165, 1.54) is 6.07 Å². The predicted octanol–water partition coefficient (Wildman–Crippen LogP) is 1.59. The quantitative estimate of drug-likeness (QED) is 0.898. The number of carbonyl (C=O) groups is 2. The molecule has 3 rings (SSSR count). The third-order valence-electron chi connectivity index (χ3n) is 4.11. The van der Waals surface area contributed by atoms with Gasteiger partial charge in [0.25, 0.3) is 11.8 Å². The van der Waals surface area contributed by atoms with Gasteiger partial charge >= 0.3 is 0 Å². The second-order valence-corrected chi connectivity index (χ2v) is 5.77. The molecule has 1 aromatic heterocycles. The number of hydrogen-bond acceptors (Lipinski definition) is 5. The lowest BCUT2D eigenvalue weighted by Crippen LogP contribution is -2.41. The van der Waals surface area contributed by atoms with Gasteiger partial charge < -0.3 is 19.9 Å². The number of hydrogen-bond donors (Lipinski definition) is 1. The van der Waals surface area contributed by atoms with Crippen LogP contribution in [0.3, 0.4) is 0 Å². The maximum Gasteiger partial charge on any atom is 0.292 e. The minimum Gasteiger partial charge on any atom is -0.471 e. The van der Waals surface area contributed by atoms with E-state index in [0.717, 1.165) is 5.56 Å². The second kappa shape index (κ2) is 7.16. The van der Waals surface area contributed by atoms with Crippen molar-refractivity contribution >= 4 is 11.8 Å². The van der Waals surface area contributed by atoms with Crippen molar-refractivity contribution in [1.82, 2.24) is 10.1 Å². The Kier molecular flexibility index (Phi) is 4.79. The largest absolute Gasteiger partial charge is 0.471 e. The summed E-state index contributed by atoms with van der Waals surface area (Å²) in [6, 6.07) is 11.1. The monoisotopic (exact) mass is 329 g/mol. The molecule has 2 aromatic rings. The minimum absolute atomic E-state index is 0.135. The van der Waals surface area contributed by atoms with Gasteiger partial charge in [-0.3, -0.25) is 9.59 Å². The van der Waals surface area contributed by atoms with E-state index in [0.29, 0.717) is 32.5 Å². The normalized spacial score (nSPS) is 15.2. The van der Waals surface area contributed by atoms with Gasteiger partial charge in [-0.25, -0.2) is 0 Å². The lowest BCUT2D eigenvalue weighted by Gasteiger charge is -2.29. The molecule has 1 aliphatic heterocycles. The highest BCUT2D eigenvalue weighted by Crippen LogP contribution is 2.20. The first-order chi connectivity index (χ1) is 11.6. The Morgan fingerprint density at radius 2 is 1.96 bits per heavy atom. The minimum atomic E-state index is -0.307. The van der Waals surface area contributed by atoms with E-state index in [1.54, 1.807) is 4.90 Å². The molecule has 0 saturated carbocycles. The Balaban J connectivity index is 1.55. The first kappa shape index (κ1) is 16.0. The van der Waals surface area contributed by atoms with Crippen LogP contribution >= 0.6 is 0 Å². The summed E-state index contributed by atoms with van der Waals surface area (Å²) in [5.74, 6) is -0.309. The third-order valence-corrected chi connectivity index (χ3v) is 4.11. The highest BCUT2D eigenvalue weighted by Gasteiger charge is 2.28. The van der Waals surface area contributed by atoms with E-state index >= 15 is 0 Å². The number of nitrogens with zero attached hydrogens (tertiary/aromatic N) is 2. The molecule has 0 aliphatic carbocycles. The van der Waals surface area contributed by atoms with Gasteiger partial charge in [-0.05, 0) is 23.6 Å². The van der Waals surface area contributed by atoms with Crippen molar-refractivity contribution in [3.8, 4) is 5.88 Å². The molecule has 1 fully saturated rings. The van der Waals surface area contributed by atoms with Gasteiger partial charge in [0.2, 0.25) is 11.7 Å². The molecule has 0 atom stereocenters. The number of nitrogens with two attached hydrogens (primary N) is 1. The fourth-order valence-electron chi connectivity index (χ4n) is 2.68. The van der Waals surface area contributed by atoms with Crippen LogP contribution in [0.1, 0.15) is 29.0 Å². The molecular formula is C17H19N3O4. The van der Waals surface area contributed by atoms with Crippen LogP contribution in [0, 0.1) is 5.92 Å². The summed E-state index contributed by atoms with van der Waals surface area (Å²) in [4.78, 5) is 25.2. The van der Waals surface area contributed by atoms with Crippen molar-refractivity contribution in [1.29, 1.82) is 0 Å². The fraction of sp³-hybridized carbons (Fsp3) is 0.353. The number of benzene rings is 1. The van der Waals surface area contributed by atoms with Crippen LogP contribution in [0.15, 0.2) is 40.9 Å². The molecular weight excluding hydrogens is 310 g/mol. The van der Waals surface area contributed by atoms with Gasteiger partial charge in [-0.2, -0.15) is 0 Å². The van der Waals surface area contributed by atoms with Crippen LogP contribution in [0.4, 0.5) is 0 Å². The average molecular weight is 329 g/mol. The molecule has 1 aliphatic rings. The lowest BCUT2D eigenvalue weighted by molar-refractivity contribution is -0.123. The van der Waals surface area contributed by atoms with Gasteiger partial charge in [0.05, 0.1) is 6.07 Å². The van der Waals surface area contributed by atoms with Crippen LogP contribution in [0.25, 0.3) is 0 Å². The zero-order valence-electron chi connectivity index (χ0n) is 13.2. The standard InChI is InChI=1S/C17H19N3O4/c18-16(21)13-6-8-20(9-7-13)17(22)14-10-15(19-24-14)23-11-12-4-2-1-3-5-12/h1-5,10,13H,6-9,11H2,(H2,18,21). The SMILES string of the molecule is NC(=O)C1CCN(C(=O)c2cc(OCc3ccccc3)no2)CC1. The summed E-state index contributed by atoms with van der Waals surface area (Å²) in [6.45, 7) is 1.31. The Morgan fingerprint density at radius 1 is 1.25 bits per heavy atom. The zero-order valence-corrected chi connectivity index (χ0v) is 13.2. The first-order valence-electron chi connectivity index (χ1n) is 7.85. The molecule has 7 nitrogen and oxygen atoms in total. The Bertz CT molecular complexity index is 706. The molecule has 0 unspecified atom stereocenters. The number of rotatable bonds is 5. The Labute approximate surface area is 139 Å². The Hall–Kier alpha value is -2.83. The summed E-state index contributed by atoms with van der Waals surface area (Å²) < 4.78 is 10.6. The Morgan fingerprint density at radius 3 is 2.62 bits per heavy atom. The molecule has 1 aromatic carbocycles. The van der Waals surface area contributed by atoms with Crippen molar-refractivity contribution in [3.63, 3.8) is 0 Å². The molecule has 0 spiro atoms. The smallest absolute Gasteiger partial charge is 0.292 e. The van der Waals surface area contributed by atoms with Gasteiger partial charge in [0, 0.05) is 19.0 Å². The fourth-order valence-corrected chi connectivity index (χ4v) is 2.68. The number of carbonyl (C=O) groups excluding carboxylic acids is 2. The number of ether oxygens (including phenoxy) is 1. The van der Waals surface area contributed by atoms with Crippen LogP contribution in [0.2, 0.25) is 0 Å². The van der Waals surface area contributed by atoms with Crippen molar-refractivity contribution in [2.75, 3.05) is 13.1 Å². The summed E-state index contributed by atoms with van der Waals surface area (Å²) in [7, 11) is 0. The molecule has 7 heteroatoms. The molecule has 1 saturated heterocycles. The molecule has 2 amide bonds. The predicted molar refractivity (Wildman–Crippen MR) is 85.1 cm³/mol. The molecule has 2 N–H and O–H groups in total. The van der Waals surface area contributed by atoms with Crippen molar-refractivity contribution in [3.05, 3.63) is 47.7 Å². The van der Waals surface area contributed by atoms with E-state index in [-0.39, 0.29) is 29.4 Å². The molecule has 126 valence electrons. The van der Waals surface area contributed by atoms with Crippen molar-refractivity contribution in [2.24, 2.45) is 11.7 Å². The summed E-state index contributed by atoms with van der Waals surface area (Å²) >= 11 is 0. The van der Waals surface area contributed by atoms with Crippen LogP contribution in [-0.4, -0.2) is 35.0 Å². The number of aromatic nitrogens is 1. The highest BCUT2D eigenvalue weighted by atomic mass is 16.5. The summed E-state index contributed by atoms with van der Waals surface area (Å²) in [6.07, 6.45) is 1.15. The van der Waals surface area contributed by atoms with Crippen molar-refractivity contribution < 1.29 is 18.8 Å². The average Bonchev–Trinajstić information content (AvgIpc) is 3.09. The van der Waals surface area contributed by atoms with Gasteiger partial charge in [-0.1, -0.05) is 30.3 Å². The van der Waals surface area contributed by atoms with Gasteiger partial charge in [0.15, 0.2) is 0 Å². The van der Waals surface area contributed by atoms with Crippen LogP contribution in [-0.2, 0) is 11.4 Å². The molecule has 0 radical (unpaired) electrons. The summed E-state index contributed by atoms with van der Waals surface area (Å²) in [5, 5.41) is 3.77. The van der Waals surface area contributed by atoms with Crippen LogP contribution in [0.5, 0.6) is 5.88 Å². The maximum atomic E-state index is 12.4. The van der Waals surface area contributed by atoms with E-state index < -0.39 is 0 Å². The lowest BCUT2D eigenvalue weighted by atomic mass is 9.96.